The first-order valence-electron chi connectivity index (χ1n) is 0. The summed E-state index contributed by atoms with van der Waals surface area (Å²) in [5.41, 5.74) is 0. The van der Waals surface area contributed by atoms with Crippen molar-refractivity contribution in [2.24, 2.45) is 0 Å². The van der Waals surface area contributed by atoms with Crippen LogP contribution in [0.15, 0.2) is 0 Å². The quantitative estimate of drug-likeness (QED) is 0.455. The van der Waals surface area contributed by atoms with Gasteiger partial charge in [-0.2, -0.15) is 0 Å². The maximum atomic E-state index is 0. The van der Waals surface area contributed by atoms with Crippen molar-refractivity contribution in [1.82, 2.24) is 0 Å². The van der Waals surface area contributed by atoms with E-state index in [-0.39, 0.29) is 58.8 Å². The SMILES string of the molecule is O.[Co].[Fe].[Zn]. The maximum Gasteiger partial charge on any atom is 0 e. The molecule has 0 fully saturated rings. The topological polar surface area (TPSA) is 31.5 Å². The van der Waals surface area contributed by atoms with E-state index >= 15 is 0 Å². The van der Waals surface area contributed by atoms with Gasteiger partial charge in [-0.3, -0.25) is 0 Å². The van der Waals surface area contributed by atoms with Crippen molar-refractivity contribution < 1.29 is 58.8 Å². The van der Waals surface area contributed by atoms with Gasteiger partial charge in [-0.15, -0.1) is 0 Å². The van der Waals surface area contributed by atoms with E-state index in [0.29, 0.717) is 0 Å². The van der Waals surface area contributed by atoms with E-state index in [2.05, 4.69) is 0 Å². The number of rotatable bonds is 0. The Morgan fingerprint density at radius 2 is 1.00 bits per heavy atom. The minimum atomic E-state index is 0. The first kappa shape index (κ1) is 46.0. The minimum Gasteiger partial charge on any atom is -0.412 e. The van der Waals surface area contributed by atoms with E-state index in [1.54, 1.807) is 0 Å². The molecule has 1 nitrogen and oxygen atoms in total. The smallest absolute Gasteiger partial charge is 0 e. The van der Waals surface area contributed by atoms with Gasteiger partial charge in [-0.25, -0.2) is 0 Å². The second-order valence-electron chi connectivity index (χ2n) is 0. The molecule has 1 radical (unpaired) electrons. The summed E-state index contributed by atoms with van der Waals surface area (Å²) in [5, 5.41) is 0. The molecule has 4 heteroatoms. The first-order chi connectivity index (χ1) is 0. The van der Waals surface area contributed by atoms with Gasteiger partial charge in [0.2, 0.25) is 0 Å². The fraction of sp³-hybridized carbons (Fsp3) is 0. The van der Waals surface area contributed by atoms with Crippen LogP contribution in [0, 0.1) is 0 Å². The van der Waals surface area contributed by atoms with E-state index < -0.39 is 0 Å². The Bertz CT molecular complexity index is 8.00. The predicted octanol–water partition coefficient (Wildman–Crippen LogP) is -0.832. The van der Waals surface area contributed by atoms with Crippen LogP contribution in [0.2, 0.25) is 0 Å². The van der Waals surface area contributed by atoms with Gasteiger partial charge >= 0.3 is 0 Å². The summed E-state index contributed by atoms with van der Waals surface area (Å²) in [6.07, 6.45) is 0. The summed E-state index contributed by atoms with van der Waals surface area (Å²) < 4.78 is 0. The van der Waals surface area contributed by atoms with E-state index in [4.69, 9.17) is 0 Å². The number of hydrogen-bond acceptors (Lipinski definition) is 0. The molecule has 2 N–H and O–H groups in total. The van der Waals surface area contributed by atoms with Gasteiger partial charge in [0, 0.05) is 53.3 Å². The molecule has 0 aromatic rings. The van der Waals surface area contributed by atoms with Gasteiger partial charge in [0.1, 0.15) is 0 Å². The molecule has 0 aromatic heterocycles. The molecule has 0 heterocycles. The van der Waals surface area contributed by atoms with Gasteiger partial charge in [-0.1, -0.05) is 0 Å². The van der Waals surface area contributed by atoms with Crippen molar-refractivity contribution in [1.29, 1.82) is 0 Å². The zero-order valence-corrected chi connectivity index (χ0v) is 7.01. The van der Waals surface area contributed by atoms with Gasteiger partial charge in [0.05, 0.1) is 0 Å². The molecule has 0 saturated heterocycles. The Hall–Kier alpha value is 1.61. The fourth-order valence-corrected chi connectivity index (χ4v) is 0. The van der Waals surface area contributed by atoms with E-state index in [1.807, 2.05) is 0 Å². The normalized spacial score (nSPS) is 0. The van der Waals surface area contributed by atoms with Crippen molar-refractivity contribution in [2.45, 2.75) is 0 Å². The average Bonchev–Trinajstić information content (AvgIpc) is 0. The Morgan fingerprint density at radius 3 is 1.00 bits per heavy atom. The van der Waals surface area contributed by atoms with Crippen LogP contribution in [-0.4, -0.2) is 5.48 Å². The van der Waals surface area contributed by atoms with Crippen LogP contribution in [0.1, 0.15) is 0 Å². The van der Waals surface area contributed by atoms with Crippen LogP contribution in [-0.2, 0) is 53.3 Å². The van der Waals surface area contributed by atoms with Crippen LogP contribution in [0.25, 0.3) is 0 Å². The minimum absolute atomic E-state index is 0. The Kier molecular flexibility index (Phi) is 267. The molecule has 0 bridgehead atoms. The molecule has 0 unspecified atom stereocenters. The third-order valence-corrected chi connectivity index (χ3v) is 0. The Balaban J connectivity index is 0. The van der Waals surface area contributed by atoms with Gasteiger partial charge in [0.25, 0.3) is 0 Å². The van der Waals surface area contributed by atoms with Gasteiger partial charge in [0.15, 0.2) is 0 Å². The summed E-state index contributed by atoms with van der Waals surface area (Å²) in [4.78, 5) is 0. The molecular formula is H2CoFeOZn. The summed E-state index contributed by atoms with van der Waals surface area (Å²) in [5.74, 6) is 0. The van der Waals surface area contributed by atoms with Crippen LogP contribution < -0.4 is 0 Å². The monoisotopic (exact) mass is 197 g/mol. The molecule has 0 spiro atoms. The summed E-state index contributed by atoms with van der Waals surface area (Å²) >= 11 is 0. The van der Waals surface area contributed by atoms with Gasteiger partial charge < -0.3 is 5.48 Å². The van der Waals surface area contributed by atoms with E-state index in [1.165, 1.54) is 0 Å². The second-order valence-corrected chi connectivity index (χ2v) is 0. The molecule has 27 valence electrons. The fourth-order valence-electron chi connectivity index (χ4n) is 0. The Morgan fingerprint density at radius 1 is 1.00 bits per heavy atom. The zero-order chi connectivity index (χ0) is 0. The van der Waals surface area contributed by atoms with Gasteiger partial charge in [-0.05, 0) is 0 Å². The molecule has 0 aliphatic heterocycles. The van der Waals surface area contributed by atoms with Crippen molar-refractivity contribution in [3.63, 3.8) is 0 Å². The standard InChI is InChI=1S/Co.Fe.H2O.Zn/h;;1H2;. The molecule has 0 amide bonds. The predicted molar refractivity (Wildman–Crippen MR) is 3.61 cm³/mol. The van der Waals surface area contributed by atoms with Crippen LogP contribution in [0.3, 0.4) is 0 Å². The molecule has 0 aliphatic carbocycles. The second kappa shape index (κ2) is 23.2. The van der Waals surface area contributed by atoms with Crippen molar-refractivity contribution in [3.05, 3.63) is 0 Å². The van der Waals surface area contributed by atoms with Crippen molar-refractivity contribution in [3.8, 4) is 0 Å². The van der Waals surface area contributed by atoms with Crippen molar-refractivity contribution >= 4 is 0 Å². The number of hydrogen-bond donors (Lipinski definition) is 0. The third kappa shape index (κ3) is 9.49. The first-order valence-corrected chi connectivity index (χ1v) is 0. The van der Waals surface area contributed by atoms with Crippen LogP contribution >= 0.6 is 0 Å². The molecular weight excluding hydrogens is 196 g/mol. The summed E-state index contributed by atoms with van der Waals surface area (Å²) in [6, 6.07) is 0. The summed E-state index contributed by atoms with van der Waals surface area (Å²) in [7, 11) is 0. The maximum absolute atomic E-state index is 0. The zero-order valence-electron chi connectivity index (χ0n) is 1.89. The van der Waals surface area contributed by atoms with Crippen molar-refractivity contribution in [2.75, 3.05) is 0 Å². The molecule has 0 aromatic carbocycles. The van der Waals surface area contributed by atoms with E-state index in [9.17, 15) is 0 Å². The molecule has 0 rings (SSSR count). The largest absolute Gasteiger partial charge is 0.412 e. The molecule has 0 atom stereocenters. The van der Waals surface area contributed by atoms with E-state index in [0.717, 1.165) is 0 Å². The summed E-state index contributed by atoms with van der Waals surface area (Å²) in [6.45, 7) is 0. The average molecular weight is 198 g/mol. The third-order valence-electron chi connectivity index (χ3n) is 0. The Labute approximate surface area is 58.6 Å². The molecule has 4 heavy (non-hydrogen) atoms. The van der Waals surface area contributed by atoms with Crippen LogP contribution in [0.5, 0.6) is 0 Å². The van der Waals surface area contributed by atoms with Crippen LogP contribution in [0.4, 0.5) is 0 Å². The molecule has 0 saturated carbocycles. The molecule has 0 aliphatic rings.